The zero-order chi connectivity index (χ0) is 22.6. The fraction of sp³-hybridized carbons (Fsp3) is 0.480. The Labute approximate surface area is 192 Å². The van der Waals surface area contributed by atoms with E-state index in [1.165, 1.54) is 0 Å². The molecule has 1 atom stereocenters. The summed E-state index contributed by atoms with van der Waals surface area (Å²) in [6.45, 7) is 3.27. The van der Waals surface area contributed by atoms with Gasteiger partial charge in [-0.3, -0.25) is 9.59 Å². The Kier molecular flexibility index (Phi) is 4.79. The number of carbonyl (C=O) groups excluding carboxylic acids is 2. The van der Waals surface area contributed by atoms with Gasteiger partial charge in [0.1, 0.15) is 11.4 Å². The first-order valence-electron chi connectivity index (χ1n) is 11.9. The number of nitrogens with zero attached hydrogens (tertiary/aromatic N) is 5. The number of para-hydroxylation sites is 1. The van der Waals surface area contributed by atoms with Gasteiger partial charge in [0.25, 0.3) is 11.8 Å². The molecular weight excluding hydrogens is 418 g/mol. The van der Waals surface area contributed by atoms with Gasteiger partial charge in [0, 0.05) is 75.6 Å². The molecule has 2 aromatic heterocycles. The first-order chi connectivity index (χ1) is 16.1. The molecule has 1 aromatic carbocycles. The van der Waals surface area contributed by atoms with Crippen LogP contribution in [-0.4, -0.2) is 68.0 Å². The molecule has 0 radical (unpaired) electrons. The smallest absolute Gasteiger partial charge is 0.256 e. The number of piperidine rings is 1. The number of carbonyl (C=O) groups is 2. The van der Waals surface area contributed by atoms with E-state index < -0.39 is 11.7 Å². The van der Waals surface area contributed by atoms with Crippen LogP contribution in [0.3, 0.4) is 0 Å². The van der Waals surface area contributed by atoms with E-state index in [0.717, 1.165) is 48.2 Å². The molecular formula is C25H29N5O3. The Morgan fingerprint density at radius 3 is 2.61 bits per heavy atom. The highest BCUT2D eigenvalue weighted by atomic mass is 16.5. The van der Waals surface area contributed by atoms with E-state index >= 15 is 0 Å². The van der Waals surface area contributed by atoms with Gasteiger partial charge >= 0.3 is 0 Å². The number of likely N-dealkylation sites (tertiary alicyclic amines) is 2. The molecule has 0 aliphatic carbocycles. The van der Waals surface area contributed by atoms with Crippen LogP contribution in [0.2, 0.25) is 0 Å². The third-order valence-corrected chi connectivity index (χ3v) is 7.53. The van der Waals surface area contributed by atoms with E-state index in [9.17, 15) is 9.59 Å². The van der Waals surface area contributed by atoms with Crippen molar-refractivity contribution in [3.8, 4) is 0 Å². The van der Waals surface area contributed by atoms with Crippen molar-refractivity contribution in [2.45, 2.75) is 43.9 Å². The number of hydrogen-bond donors (Lipinski definition) is 0. The van der Waals surface area contributed by atoms with Crippen LogP contribution in [-0.2, 0) is 28.7 Å². The van der Waals surface area contributed by atoms with E-state index in [1.54, 1.807) is 6.20 Å². The van der Waals surface area contributed by atoms with Crippen molar-refractivity contribution in [1.29, 1.82) is 0 Å². The molecule has 0 N–H and O–H groups in total. The Balaban J connectivity index is 1.23. The number of aromatic nitrogens is 3. The fourth-order valence-corrected chi connectivity index (χ4v) is 5.76. The topological polar surface area (TPSA) is 72.6 Å². The molecule has 3 aromatic rings. The van der Waals surface area contributed by atoms with Crippen molar-refractivity contribution in [3.63, 3.8) is 0 Å². The molecule has 1 unspecified atom stereocenters. The van der Waals surface area contributed by atoms with E-state index in [2.05, 4.69) is 9.55 Å². The predicted octanol–water partition coefficient (Wildman–Crippen LogP) is 2.53. The lowest BCUT2D eigenvalue weighted by Gasteiger charge is -2.46. The summed E-state index contributed by atoms with van der Waals surface area (Å²) in [5.74, 6) is 1.01. The number of benzene rings is 1. The molecule has 3 aliphatic rings. The van der Waals surface area contributed by atoms with Crippen LogP contribution < -0.4 is 0 Å². The van der Waals surface area contributed by atoms with Crippen LogP contribution in [0.25, 0.3) is 10.9 Å². The minimum Gasteiger partial charge on any atom is -0.352 e. The monoisotopic (exact) mass is 447 g/mol. The third kappa shape index (κ3) is 3.27. The summed E-state index contributed by atoms with van der Waals surface area (Å²) in [5, 5.41) is 0.978. The minimum atomic E-state index is -0.628. The zero-order valence-electron chi connectivity index (χ0n) is 18.9. The van der Waals surface area contributed by atoms with Crippen molar-refractivity contribution in [2.75, 3.05) is 26.2 Å². The van der Waals surface area contributed by atoms with Crippen LogP contribution in [0.4, 0.5) is 0 Å². The molecule has 6 rings (SSSR count). The fourth-order valence-electron chi connectivity index (χ4n) is 5.76. The second kappa shape index (κ2) is 7.73. The SMILES string of the molecule is Cn1cc(C(=O)N2CCC3(CC2)OC(C(=O)N2CCCC2)Cn2ccnc23)c2ccccc21. The lowest BCUT2D eigenvalue weighted by molar-refractivity contribution is -0.179. The van der Waals surface area contributed by atoms with Gasteiger partial charge in [-0.05, 0) is 18.9 Å². The number of rotatable bonds is 2. The number of amides is 2. The Morgan fingerprint density at radius 1 is 1.06 bits per heavy atom. The molecule has 5 heterocycles. The van der Waals surface area contributed by atoms with Crippen LogP contribution in [0.5, 0.6) is 0 Å². The van der Waals surface area contributed by atoms with Gasteiger partial charge in [0.2, 0.25) is 0 Å². The van der Waals surface area contributed by atoms with Gasteiger partial charge in [-0.2, -0.15) is 0 Å². The molecule has 2 fully saturated rings. The summed E-state index contributed by atoms with van der Waals surface area (Å²) in [6, 6.07) is 8.00. The van der Waals surface area contributed by atoms with Crippen LogP contribution >= 0.6 is 0 Å². The normalized spacial score (nSPS) is 22.2. The number of imidazole rings is 1. The van der Waals surface area contributed by atoms with E-state index in [4.69, 9.17) is 4.74 Å². The van der Waals surface area contributed by atoms with Crippen LogP contribution in [0.15, 0.2) is 42.9 Å². The lowest BCUT2D eigenvalue weighted by atomic mass is 9.88. The van der Waals surface area contributed by atoms with Crippen LogP contribution in [0.1, 0.15) is 41.9 Å². The molecule has 8 nitrogen and oxygen atoms in total. The van der Waals surface area contributed by atoms with Crippen molar-refractivity contribution >= 4 is 22.7 Å². The Hall–Kier alpha value is -3.13. The minimum absolute atomic E-state index is 0.0468. The maximum absolute atomic E-state index is 13.4. The van der Waals surface area contributed by atoms with Gasteiger partial charge in [-0.15, -0.1) is 0 Å². The summed E-state index contributed by atoms with van der Waals surface area (Å²) in [6.07, 6.45) is 8.54. The highest BCUT2D eigenvalue weighted by molar-refractivity contribution is 6.07. The standard InChI is InChI=1S/C25H29N5O3/c1-27-16-19(18-6-2-3-7-20(18)27)22(31)29-13-8-25(9-14-29)24-26-10-15-30(24)17-21(33-25)23(32)28-11-4-5-12-28/h2-3,6-7,10,15-16,21H,4-5,8-9,11-14,17H2,1H3. The van der Waals surface area contributed by atoms with Crippen LogP contribution in [0, 0.1) is 0 Å². The maximum atomic E-state index is 13.4. The average Bonchev–Trinajstić information content (AvgIpc) is 3.60. The van der Waals surface area contributed by atoms with E-state index in [-0.39, 0.29) is 11.8 Å². The van der Waals surface area contributed by atoms with Gasteiger partial charge in [0.05, 0.1) is 12.1 Å². The summed E-state index contributed by atoms with van der Waals surface area (Å²) in [5.41, 5.74) is 1.16. The summed E-state index contributed by atoms with van der Waals surface area (Å²) < 4.78 is 10.6. The Morgan fingerprint density at radius 2 is 1.82 bits per heavy atom. The molecule has 1 spiro atoms. The molecule has 0 saturated carbocycles. The van der Waals surface area contributed by atoms with Crippen molar-refractivity contribution in [1.82, 2.24) is 23.9 Å². The highest BCUT2D eigenvalue weighted by Gasteiger charge is 2.48. The van der Waals surface area contributed by atoms with E-state index in [0.29, 0.717) is 32.5 Å². The van der Waals surface area contributed by atoms with E-state index in [1.807, 2.05) is 58.1 Å². The summed E-state index contributed by atoms with van der Waals surface area (Å²) in [7, 11) is 1.97. The van der Waals surface area contributed by atoms with Crippen molar-refractivity contribution in [3.05, 3.63) is 54.2 Å². The first-order valence-corrected chi connectivity index (χ1v) is 11.9. The molecule has 8 heteroatoms. The summed E-state index contributed by atoms with van der Waals surface area (Å²) >= 11 is 0. The number of ether oxygens (including phenoxy) is 1. The van der Waals surface area contributed by atoms with Crippen molar-refractivity contribution < 1.29 is 14.3 Å². The Bertz CT molecular complexity index is 1210. The van der Waals surface area contributed by atoms with Crippen molar-refractivity contribution in [2.24, 2.45) is 7.05 Å². The quantitative estimate of drug-likeness (QED) is 0.605. The largest absolute Gasteiger partial charge is 0.352 e. The molecule has 2 amide bonds. The lowest BCUT2D eigenvalue weighted by Crippen LogP contribution is -2.55. The number of hydrogen-bond acceptors (Lipinski definition) is 4. The molecule has 0 bridgehead atoms. The van der Waals surface area contributed by atoms with Gasteiger partial charge in [-0.1, -0.05) is 18.2 Å². The zero-order valence-corrected chi connectivity index (χ0v) is 18.9. The van der Waals surface area contributed by atoms with Gasteiger partial charge in [-0.25, -0.2) is 4.98 Å². The van der Waals surface area contributed by atoms with Gasteiger partial charge in [0.15, 0.2) is 6.10 Å². The molecule has 3 aliphatic heterocycles. The number of fused-ring (bicyclic) bond motifs is 3. The summed E-state index contributed by atoms with van der Waals surface area (Å²) in [4.78, 5) is 35.0. The third-order valence-electron chi connectivity index (χ3n) is 7.53. The highest BCUT2D eigenvalue weighted by Crippen LogP contribution is 2.41. The molecule has 33 heavy (non-hydrogen) atoms. The number of aryl methyl sites for hydroxylation is 1. The maximum Gasteiger partial charge on any atom is 0.256 e. The molecule has 172 valence electrons. The average molecular weight is 448 g/mol. The predicted molar refractivity (Wildman–Crippen MR) is 123 cm³/mol. The second-order valence-electron chi connectivity index (χ2n) is 9.50. The second-order valence-corrected chi connectivity index (χ2v) is 9.50. The first kappa shape index (κ1) is 20.5. The van der Waals surface area contributed by atoms with Gasteiger partial charge < -0.3 is 23.7 Å². The molecule has 2 saturated heterocycles.